The molecule has 0 saturated heterocycles. The van der Waals surface area contributed by atoms with Crippen molar-refractivity contribution in [3.63, 3.8) is 0 Å². The third kappa shape index (κ3) is 4.05. The van der Waals surface area contributed by atoms with Crippen LogP contribution < -0.4 is 5.32 Å². The number of hydrogen-bond donors (Lipinski definition) is 1. The van der Waals surface area contributed by atoms with Crippen LogP contribution in [0.25, 0.3) is 5.69 Å². The van der Waals surface area contributed by atoms with Crippen LogP contribution in [0.3, 0.4) is 0 Å². The molecule has 0 radical (unpaired) electrons. The first-order valence-corrected chi connectivity index (χ1v) is 8.72. The Morgan fingerprint density at radius 1 is 1.28 bits per heavy atom. The summed E-state index contributed by atoms with van der Waals surface area (Å²) in [5.41, 5.74) is 0.628. The second kappa shape index (κ2) is 7.47. The smallest absolute Gasteiger partial charge is 0.294 e. The molecule has 9 heteroatoms. The second-order valence-electron chi connectivity index (χ2n) is 5.43. The summed E-state index contributed by atoms with van der Waals surface area (Å²) in [6.45, 7) is 3.83. The number of hydrogen-bond acceptors (Lipinski definition) is 6. The summed E-state index contributed by atoms with van der Waals surface area (Å²) in [5, 5.41) is 16.2. The molecule has 130 valence electrons. The number of aromatic nitrogens is 5. The van der Waals surface area contributed by atoms with Gasteiger partial charge in [0.25, 0.3) is 5.91 Å². The van der Waals surface area contributed by atoms with E-state index >= 15 is 0 Å². The zero-order chi connectivity index (χ0) is 17.8. The predicted octanol–water partition coefficient (Wildman–Crippen LogP) is 3.16. The van der Waals surface area contributed by atoms with Gasteiger partial charge in [0.1, 0.15) is 16.6 Å². The van der Waals surface area contributed by atoms with E-state index in [9.17, 15) is 9.18 Å². The number of carbonyl (C=O) groups is 1. The highest BCUT2D eigenvalue weighted by Crippen LogP contribution is 2.18. The topological polar surface area (TPSA) is 85.6 Å². The van der Waals surface area contributed by atoms with Crippen molar-refractivity contribution < 1.29 is 9.18 Å². The van der Waals surface area contributed by atoms with Gasteiger partial charge < -0.3 is 0 Å². The van der Waals surface area contributed by atoms with E-state index in [-0.39, 0.29) is 11.6 Å². The fraction of sp³-hybridized carbons (Fsp3) is 0.312. The van der Waals surface area contributed by atoms with E-state index in [4.69, 9.17) is 0 Å². The number of benzene rings is 1. The molecule has 0 spiro atoms. The Hall–Kier alpha value is -2.68. The van der Waals surface area contributed by atoms with E-state index in [2.05, 4.69) is 32.5 Å². The number of unbranched alkanes of at least 4 members (excludes halogenated alkanes) is 1. The number of rotatable bonds is 6. The van der Waals surface area contributed by atoms with Crippen molar-refractivity contribution in [1.29, 1.82) is 0 Å². The summed E-state index contributed by atoms with van der Waals surface area (Å²) in [6, 6.07) is 5.80. The lowest BCUT2D eigenvalue weighted by molar-refractivity contribution is 0.101. The number of halogens is 1. The first kappa shape index (κ1) is 17.2. The first-order valence-electron chi connectivity index (χ1n) is 7.90. The maximum Gasteiger partial charge on any atom is 0.297 e. The van der Waals surface area contributed by atoms with Crippen LogP contribution in [-0.2, 0) is 6.42 Å². The molecule has 0 aliphatic heterocycles. The summed E-state index contributed by atoms with van der Waals surface area (Å²) in [4.78, 5) is 16.5. The first-order chi connectivity index (χ1) is 12.1. The van der Waals surface area contributed by atoms with Crippen molar-refractivity contribution in [2.45, 2.75) is 33.1 Å². The Labute approximate surface area is 147 Å². The van der Waals surface area contributed by atoms with Crippen molar-refractivity contribution in [2.75, 3.05) is 5.32 Å². The Morgan fingerprint density at radius 3 is 2.76 bits per heavy atom. The number of carbonyl (C=O) groups excluding carboxylic acids is 1. The largest absolute Gasteiger partial charge is 0.297 e. The van der Waals surface area contributed by atoms with Gasteiger partial charge in [-0.15, -0.1) is 15.3 Å². The van der Waals surface area contributed by atoms with Crippen molar-refractivity contribution in [3.8, 4) is 5.69 Å². The molecular formula is C16H17FN6OS. The van der Waals surface area contributed by atoms with E-state index in [1.54, 1.807) is 19.1 Å². The second-order valence-corrected chi connectivity index (χ2v) is 6.49. The Balaban J connectivity index is 1.73. The standard InChI is InChI=1S/C16H17FN6OS/c1-3-4-5-13-20-21-16(25-13)19-15(24)14-18-10(2)23(22-14)12-8-6-11(17)7-9-12/h6-9H,3-5H2,1-2H3,(H,19,21,24). The SMILES string of the molecule is CCCCc1nnc(NC(=O)c2nc(C)n(-c3ccc(F)cc3)n2)s1. The lowest BCUT2D eigenvalue weighted by Crippen LogP contribution is -2.14. The molecule has 0 saturated carbocycles. The maximum absolute atomic E-state index is 13.0. The van der Waals surface area contributed by atoms with Gasteiger partial charge in [-0.25, -0.2) is 14.1 Å². The molecule has 0 aliphatic rings. The molecule has 0 aliphatic carbocycles. The summed E-state index contributed by atoms with van der Waals surface area (Å²) in [7, 11) is 0. The van der Waals surface area contributed by atoms with Crippen LogP contribution in [0.2, 0.25) is 0 Å². The Morgan fingerprint density at radius 2 is 2.04 bits per heavy atom. The van der Waals surface area contributed by atoms with Crippen LogP contribution in [0.4, 0.5) is 9.52 Å². The van der Waals surface area contributed by atoms with Crippen LogP contribution in [0.1, 0.15) is 41.2 Å². The average molecular weight is 360 g/mol. The van der Waals surface area contributed by atoms with E-state index in [1.165, 1.54) is 28.2 Å². The molecular weight excluding hydrogens is 343 g/mol. The van der Waals surface area contributed by atoms with Gasteiger partial charge in [0.2, 0.25) is 11.0 Å². The van der Waals surface area contributed by atoms with Crippen LogP contribution in [-0.4, -0.2) is 30.9 Å². The van der Waals surface area contributed by atoms with Crippen molar-refractivity contribution in [2.24, 2.45) is 0 Å². The molecule has 7 nitrogen and oxygen atoms in total. The number of nitrogens with zero attached hydrogens (tertiary/aromatic N) is 5. The van der Waals surface area contributed by atoms with Crippen LogP contribution in [0.15, 0.2) is 24.3 Å². The third-order valence-electron chi connectivity index (χ3n) is 3.47. The molecule has 3 aromatic rings. The predicted molar refractivity (Wildman–Crippen MR) is 92.5 cm³/mol. The quantitative estimate of drug-likeness (QED) is 0.730. The number of aryl methyl sites for hydroxylation is 2. The van der Waals surface area contributed by atoms with Gasteiger partial charge in [0.15, 0.2) is 0 Å². The van der Waals surface area contributed by atoms with E-state index in [0.29, 0.717) is 16.6 Å². The molecule has 0 unspecified atom stereocenters. The van der Waals surface area contributed by atoms with Gasteiger partial charge >= 0.3 is 0 Å². The molecule has 2 heterocycles. The average Bonchev–Trinajstić information content (AvgIpc) is 3.20. The molecule has 25 heavy (non-hydrogen) atoms. The number of nitrogens with one attached hydrogen (secondary N) is 1. The van der Waals surface area contributed by atoms with Crippen molar-refractivity contribution in [1.82, 2.24) is 25.0 Å². The molecule has 1 N–H and O–H groups in total. The van der Waals surface area contributed by atoms with E-state index in [1.807, 2.05) is 0 Å². The minimum absolute atomic E-state index is 0.0205. The lowest BCUT2D eigenvalue weighted by Gasteiger charge is -2.01. The molecule has 0 fully saturated rings. The summed E-state index contributed by atoms with van der Waals surface area (Å²) in [5.74, 6) is -0.249. The maximum atomic E-state index is 13.0. The van der Waals surface area contributed by atoms with Gasteiger partial charge in [-0.05, 0) is 37.6 Å². The third-order valence-corrected chi connectivity index (χ3v) is 4.37. The van der Waals surface area contributed by atoms with Crippen LogP contribution in [0.5, 0.6) is 0 Å². The van der Waals surface area contributed by atoms with Crippen LogP contribution in [0, 0.1) is 12.7 Å². The number of anilines is 1. The Kier molecular flexibility index (Phi) is 5.13. The van der Waals surface area contributed by atoms with E-state index < -0.39 is 5.91 Å². The Bertz CT molecular complexity index is 873. The highest BCUT2D eigenvalue weighted by atomic mass is 32.1. The van der Waals surface area contributed by atoms with Crippen molar-refractivity contribution >= 4 is 22.4 Å². The minimum atomic E-state index is -0.456. The summed E-state index contributed by atoms with van der Waals surface area (Å²) in [6.07, 6.45) is 2.96. The molecule has 1 amide bonds. The number of amides is 1. The fourth-order valence-corrected chi connectivity index (χ4v) is 2.98. The lowest BCUT2D eigenvalue weighted by atomic mass is 10.3. The van der Waals surface area contributed by atoms with E-state index in [0.717, 1.165) is 24.3 Å². The van der Waals surface area contributed by atoms with Crippen molar-refractivity contribution in [3.05, 3.63) is 46.7 Å². The summed E-state index contributed by atoms with van der Waals surface area (Å²) < 4.78 is 14.5. The zero-order valence-electron chi connectivity index (χ0n) is 13.9. The minimum Gasteiger partial charge on any atom is -0.294 e. The van der Waals surface area contributed by atoms with Gasteiger partial charge in [-0.1, -0.05) is 24.7 Å². The highest BCUT2D eigenvalue weighted by molar-refractivity contribution is 7.15. The zero-order valence-corrected chi connectivity index (χ0v) is 14.7. The molecule has 3 rings (SSSR count). The summed E-state index contributed by atoms with van der Waals surface area (Å²) >= 11 is 1.35. The molecule has 0 bridgehead atoms. The molecule has 0 atom stereocenters. The normalized spacial score (nSPS) is 10.8. The molecule has 1 aromatic carbocycles. The van der Waals surface area contributed by atoms with Gasteiger partial charge in [-0.3, -0.25) is 10.1 Å². The highest BCUT2D eigenvalue weighted by Gasteiger charge is 2.17. The fourth-order valence-electron chi connectivity index (χ4n) is 2.20. The monoisotopic (exact) mass is 360 g/mol. The van der Waals surface area contributed by atoms with Gasteiger partial charge in [-0.2, -0.15) is 0 Å². The molecule has 2 aromatic heterocycles. The van der Waals surface area contributed by atoms with Crippen LogP contribution >= 0.6 is 11.3 Å². The van der Waals surface area contributed by atoms with Gasteiger partial charge in [0.05, 0.1) is 5.69 Å². The van der Waals surface area contributed by atoms with Gasteiger partial charge in [0, 0.05) is 6.42 Å².